The van der Waals surface area contributed by atoms with Crippen molar-refractivity contribution in [2.75, 3.05) is 6.54 Å². The molecule has 0 saturated heterocycles. The molecule has 3 heteroatoms. The number of ether oxygens (including phenoxy) is 1. The van der Waals surface area contributed by atoms with Crippen molar-refractivity contribution in [3.05, 3.63) is 58.6 Å². The Morgan fingerprint density at radius 2 is 1.75 bits per heavy atom. The van der Waals surface area contributed by atoms with Gasteiger partial charge < -0.3 is 10.1 Å². The molecule has 0 heterocycles. The van der Waals surface area contributed by atoms with E-state index in [1.807, 2.05) is 37.3 Å². The number of hydrogen-bond donors (Lipinski definition) is 1. The molecule has 1 N–H and O–H groups in total. The molecular weight excluding hydrogens is 270 g/mol. The summed E-state index contributed by atoms with van der Waals surface area (Å²) in [4.78, 5) is 0. The maximum atomic E-state index is 6.01. The lowest BCUT2D eigenvalue weighted by Gasteiger charge is -2.13. The average molecular weight is 290 g/mol. The Bertz CT molecular complexity index is 566. The highest BCUT2D eigenvalue weighted by Crippen LogP contribution is 2.26. The SMILES string of the molecule is CCNC(C)c1ccc(Oc2ccc(Cl)c(C)c2)cc1. The Kier molecular flexibility index (Phi) is 5.05. The van der Waals surface area contributed by atoms with Crippen molar-refractivity contribution in [2.24, 2.45) is 0 Å². The van der Waals surface area contributed by atoms with Gasteiger partial charge in [0.05, 0.1) is 0 Å². The first-order chi connectivity index (χ1) is 9.60. The van der Waals surface area contributed by atoms with E-state index < -0.39 is 0 Å². The van der Waals surface area contributed by atoms with E-state index in [-0.39, 0.29) is 0 Å². The van der Waals surface area contributed by atoms with Gasteiger partial charge in [-0.2, -0.15) is 0 Å². The predicted molar refractivity (Wildman–Crippen MR) is 84.8 cm³/mol. The van der Waals surface area contributed by atoms with Crippen LogP contribution in [0.2, 0.25) is 5.02 Å². The number of benzene rings is 2. The smallest absolute Gasteiger partial charge is 0.127 e. The molecule has 0 fully saturated rings. The molecule has 1 atom stereocenters. The summed E-state index contributed by atoms with van der Waals surface area (Å²) in [5.41, 5.74) is 2.27. The van der Waals surface area contributed by atoms with Crippen LogP contribution in [0.3, 0.4) is 0 Å². The third-order valence-corrected chi connectivity index (χ3v) is 3.68. The Balaban J connectivity index is 2.08. The molecule has 0 bridgehead atoms. The second-order valence-corrected chi connectivity index (χ2v) is 5.27. The molecule has 0 saturated carbocycles. The van der Waals surface area contributed by atoms with E-state index in [0.29, 0.717) is 6.04 Å². The van der Waals surface area contributed by atoms with Crippen LogP contribution in [0.1, 0.15) is 31.0 Å². The zero-order chi connectivity index (χ0) is 14.5. The van der Waals surface area contributed by atoms with Gasteiger partial charge in [0.25, 0.3) is 0 Å². The molecule has 20 heavy (non-hydrogen) atoms. The highest BCUT2D eigenvalue weighted by Gasteiger charge is 2.04. The Morgan fingerprint density at radius 1 is 1.10 bits per heavy atom. The summed E-state index contributed by atoms with van der Waals surface area (Å²) in [6, 6.07) is 14.2. The fraction of sp³-hybridized carbons (Fsp3) is 0.294. The molecule has 0 aliphatic heterocycles. The van der Waals surface area contributed by atoms with Gasteiger partial charge in [-0.1, -0.05) is 30.7 Å². The van der Waals surface area contributed by atoms with Gasteiger partial charge in [-0.3, -0.25) is 0 Å². The summed E-state index contributed by atoms with van der Waals surface area (Å²) < 4.78 is 5.83. The summed E-state index contributed by atoms with van der Waals surface area (Å²) in [5.74, 6) is 1.64. The first kappa shape index (κ1) is 14.9. The maximum Gasteiger partial charge on any atom is 0.127 e. The molecule has 0 aromatic heterocycles. The number of nitrogens with one attached hydrogen (secondary N) is 1. The second-order valence-electron chi connectivity index (χ2n) is 4.86. The van der Waals surface area contributed by atoms with Crippen molar-refractivity contribution >= 4 is 11.6 Å². The molecule has 0 amide bonds. The minimum atomic E-state index is 0.354. The van der Waals surface area contributed by atoms with E-state index >= 15 is 0 Å². The van der Waals surface area contributed by atoms with E-state index in [4.69, 9.17) is 16.3 Å². The third-order valence-electron chi connectivity index (χ3n) is 3.26. The number of rotatable bonds is 5. The van der Waals surface area contributed by atoms with Crippen LogP contribution in [0, 0.1) is 6.92 Å². The minimum Gasteiger partial charge on any atom is -0.457 e. The van der Waals surface area contributed by atoms with Crippen molar-refractivity contribution < 1.29 is 4.74 Å². The van der Waals surface area contributed by atoms with E-state index in [9.17, 15) is 0 Å². The van der Waals surface area contributed by atoms with Crippen molar-refractivity contribution in [2.45, 2.75) is 26.8 Å². The summed E-state index contributed by atoms with van der Waals surface area (Å²) in [6.45, 7) is 7.19. The Hall–Kier alpha value is -1.51. The van der Waals surface area contributed by atoms with E-state index in [2.05, 4.69) is 31.3 Å². The van der Waals surface area contributed by atoms with Gasteiger partial charge in [-0.05, 0) is 61.9 Å². The molecule has 2 rings (SSSR count). The largest absolute Gasteiger partial charge is 0.457 e. The number of halogens is 1. The lowest BCUT2D eigenvalue weighted by molar-refractivity contribution is 0.481. The standard InChI is InChI=1S/C17H20ClNO/c1-4-19-13(3)14-5-7-15(8-6-14)20-16-9-10-17(18)12(2)11-16/h5-11,13,19H,4H2,1-3H3. The second kappa shape index (κ2) is 6.78. The van der Waals surface area contributed by atoms with Crippen LogP contribution in [0.15, 0.2) is 42.5 Å². The summed E-state index contributed by atoms with van der Waals surface area (Å²) >= 11 is 6.01. The molecule has 0 aliphatic carbocycles. The van der Waals surface area contributed by atoms with Gasteiger partial charge in [0.2, 0.25) is 0 Å². The van der Waals surface area contributed by atoms with E-state index in [0.717, 1.165) is 28.6 Å². The van der Waals surface area contributed by atoms with Gasteiger partial charge >= 0.3 is 0 Å². The Labute approximate surface area is 125 Å². The van der Waals surface area contributed by atoms with Crippen molar-refractivity contribution in [1.29, 1.82) is 0 Å². The molecule has 0 spiro atoms. The molecule has 2 aromatic carbocycles. The van der Waals surface area contributed by atoms with Gasteiger partial charge in [-0.25, -0.2) is 0 Å². The van der Waals surface area contributed by atoms with Crippen LogP contribution in [0.4, 0.5) is 0 Å². The van der Waals surface area contributed by atoms with Crippen LogP contribution in [-0.4, -0.2) is 6.54 Å². The highest BCUT2D eigenvalue weighted by molar-refractivity contribution is 6.31. The number of hydrogen-bond acceptors (Lipinski definition) is 2. The molecular formula is C17H20ClNO. The lowest BCUT2D eigenvalue weighted by Crippen LogP contribution is -2.17. The summed E-state index contributed by atoms with van der Waals surface area (Å²) in [5, 5.41) is 4.15. The van der Waals surface area contributed by atoms with Gasteiger partial charge in [-0.15, -0.1) is 0 Å². The van der Waals surface area contributed by atoms with Crippen LogP contribution < -0.4 is 10.1 Å². The quantitative estimate of drug-likeness (QED) is 0.826. The van der Waals surface area contributed by atoms with Crippen LogP contribution >= 0.6 is 11.6 Å². The van der Waals surface area contributed by atoms with Crippen molar-refractivity contribution in [1.82, 2.24) is 5.32 Å². The average Bonchev–Trinajstić information content (AvgIpc) is 2.44. The van der Waals surface area contributed by atoms with E-state index in [1.54, 1.807) is 0 Å². The third kappa shape index (κ3) is 3.75. The van der Waals surface area contributed by atoms with Gasteiger partial charge in [0.15, 0.2) is 0 Å². The lowest BCUT2D eigenvalue weighted by atomic mass is 10.1. The number of aryl methyl sites for hydroxylation is 1. The zero-order valence-corrected chi connectivity index (χ0v) is 12.9. The van der Waals surface area contributed by atoms with Gasteiger partial charge in [0, 0.05) is 11.1 Å². The summed E-state index contributed by atoms with van der Waals surface area (Å²) in [7, 11) is 0. The normalized spacial score (nSPS) is 12.2. The molecule has 1 unspecified atom stereocenters. The van der Waals surface area contributed by atoms with Crippen LogP contribution in [0.25, 0.3) is 0 Å². The zero-order valence-electron chi connectivity index (χ0n) is 12.1. The fourth-order valence-corrected chi connectivity index (χ4v) is 2.18. The van der Waals surface area contributed by atoms with Crippen LogP contribution in [-0.2, 0) is 0 Å². The maximum absolute atomic E-state index is 6.01. The molecule has 0 aliphatic rings. The monoisotopic (exact) mass is 289 g/mol. The van der Waals surface area contributed by atoms with Crippen LogP contribution in [0.5, 0.6) is 11.5 Å². The fourth-order valence-electron chi connectivity index (χ4n) is 2.07. The molecule has 2 aromatic rings. The van der Waals surface area contributed by atoms with Crippen molar-refractivity contribution in [3.63, 3.8) is 0 Å². The molecule has 0 radical (unpaired) electrons. The first-order valence-electron chi connectivity index (χ1n) is 6.87. The Morgan fingerprint density at radius 3 is 2.35 bits per heavy atom. The van der Waals surface area contributed by atoms with Gasteiger partial charge in [0.1, 0.15) is 11.5 Å². The minimum absolute atomic E-state index is 0.354. The molecule has 2 nitrogen and oxygen atoms in total. The predicted octanol–water partition coefficient (Wildman–Crippen LogP) is 5.11. The summed E-state index contributed by atoms with van der Waals surface area (Å²) in [6.07, 6.45) is 0. The molecule has 106 valence electrons. The first-order valence-corrected chi connectivity index (χ1v) is 7.25. The highest BCUT2D eigenvalue weighted by atomic mass is 35.5. The van der Waals surface area contributed by atoms with E-state index in [1.165, 1.54) is 5.56 Å². The topological polar surface area (TPSA) is 21.3 Å². The van der Waals surface area contributed by atoms with Crippen molar-refractivity contribution in [3.8, 4) is 11.5 Å².